The number of ether oxygens (including phenoxy) is 1. The molecule has 23 heavy (non-hydrogen) atoms. The fourth-order valence-electron chi connectivity index (χ4n) is 3.30. The Hall–Kier alpha value is -2.41. The maximum Gasteiger partial charge on any atom is 0.289 e. The van der Waals surface area contributed by atoms with Crippen LogP contribution in [0, 0.1) is 5.92 Å². The minimum absolute atomic E-state index is 0.151. The number of nitrogens with zero attached hydrogens (tertiary/aromatic N) is 2. The van der Waals surface area contributed by atoms with E-state index >= 15 is 0 Å². The number of nitrogens with one attached hydrogen (secondary N) is 2. The zero-order valence-electron chi connectivity index (χ0n) is 12.5. The molecule has 1 aromatic heterocycles. The van der Waals surface area contributed by atoms with E-state index in [0.29, 0.717) is 19.4 Å². The number of aliphatic hydroxyl groups is 1. The number of aromatic nitrogens is 3. The molecule has 2 aliphatic rings. The molecule has 1 aliphatic heterocycles. The van der Waals surface area contributed by atoms with Crippen LogP contribution in [0.25, 0.3) is 0 Å². The fourth-order valence-corrected chi connectivity index (χ4v) is 3.30. The Balaban J connectivity index is 1.59. The summed E-state index contributed by atoms with van der Waals surface area (Å²) in [5, 5.41) is 18.9. The van der Waals surface area contributed by atoms with Gasteiger partial charge in [-0.15, -0.1) is 0 Å². The van der Waals surface area contributed by atoms with Gasteiger partial charge in [0.15, 0.2) is 0 Å². The molecular formula is C16H18N4O3. The molecule has 2 aromatic rings. The quantitative estimate of drug-likeness (QED) is 0.781. The number of rotatable bonds is 4. The van der Waals surface area contributed by atoms with Crippen molar-refractivity contribution in [2.24, 2.45) is 5.92 Å². The van der Waals surface area contributed by atoms with Crippen LogP contribution < -0.4 is 10.1 Å². The normalized spacial score (nSPS) is 23.5. The number of fused-ring (bicyclic) bond motifs is 1. The summed E-state index contributed by atoms with van der Waals surface area (Å²) in [7, 11) is 0. The first-order chi connectivity index (χ1) is 11.2. The third-order valence-electron chi connectivity index (χ3n) is 4.61. The van der Waals surface area contributed by atoms with E-state index < -0.39 is 0 Å². The van der Waals surface area contributed by atoms with E-state index in [4.69, 9.17) is 4.74 Å². The molecule has 2 heterocycles. The second-order valence-electron chi connectivity index (χ2n) is 6.14. The molecule has 1 amide bonds. The molecule has 4 rings (SSSR count). The third kappa shape index (κ3) is 2.68. The number of amides is 1. The van der Waals surface area contributed by atoms with E-state index in [-0.39, 0.29) is 29.8 Å². The third-order valence-corrected chi connectivity index (χ3v) is 4.61. The second kappa shape index (κ2) is 5.66. The molecule has 7 nitrogen and oxygen atoms in total. The van der Waals surface area contributed by atoms with Gasteiger partial charge < -0.3 is 15.2 Å². The first-order valence-corrected chi connectivity index (χ1v) is 7.80. The highest BCUT2D eigenvalue weighted by molar-refractivity contribution is 5.90. The number of aromatic amines is 1. The summed E-state index contributed by atoms with van der Waals surface area (Å²) in [6.45, 7) is 0.704. The number of hydrogen-bond donors (Lipinski definition) is 3. The number of carbonyl (C=O) groups excluding carboxylic acids is 1. The number of carbonyl (C=O) groups is 1. The van der Waals surface area contributed by atoms with Crippen LogP contribution in [0.15, 0.2) is 24.5 Å². The van der Waals surface area contributed by atoms with Gasteiger partial charge in [0.05, 0.1) is 18.8 Å². The van der Waals surface area contributed by atoms with Gasteiger partial charge in [0.1, 0.15) is 12.1 Å². The summed E-state index contributed by atoms with van der Waals surface area (Å²) in [4.78, 5) is 16.2. The van der Waals surface area contributed by atoms with Gasteiger partial charge in [-0.05, 0) is 42.0 Å². The van der Waals surface area contributed by atoms with Crippen molar-refractivity contribution in [2.45, 2.75) is 31.4 Å². The second-order valence-corrected chi connectivity index (χ2v) is 6.14. The monoisotopic (exact) mass is 314 g/mol. The molecule has 0 bridgehead atoms. The minimum Gasteiger partial charge on any atom is -0.493 e. The lowest BCUT2D eigenvalue weighted by Gasteiger charge is -2.38. The first-order valence-electron chi connectivity index (χ1n) is 7.80. The zero-order chi connectivity index (χ0) is 15.8. The van der Waals surface area contributed by atoms with Crippen LogP contribution in [0.4, 0.5) is 0 Å². The van der Waals surface area contributed by atoms with Crippen molar-refractivity contribution in [3.05, 3.63) is 41.5 Å². The van der Waals surface area contributed by atoms with Gasteiger partial charge in [0.2, 0.25) is 5.82 Å². The van der Waals surface area contributed by atoms with E-state index in [1.54, 1.807) is 0 Å². The van der Waals surface area contributed by atoms with Crippen LogP contribution in [0.5, 0.6) is 5.75 Å². The predicted octanol–water partition coefficient (Wildman–Crippen LogP) is 0.982. The van der Waals surface area contributed by atoms with Crippen LogP contribution in [-0.4, -0.2) is 38.9 Å². The highest BCUT2D eigenvalue weighted by Gasteiger charge is 2.36. The summed E-state index contributed by atoms with van der Waals surface area (Å²) in [5.74, 6) is 1.05. The lowest BCUT2D eigenvalue weighted by molar-refractivity contribution is 0.0234. The summed E-state index contributed by atoms with van der Waals surface area (Å²) in [5.41, 5.74) is 2.21. The first kappa shape index (κ1) is 14.2. The largest absolute Gasteiger partial charge is 0.493 e. The van der Waals surface area contributed by atoms with E-state index in [1.807, 2.05) is 12.1 Å². The van der Waals surface area contributed by atoms with Crippen molar-refractivity contribution in [1.29, 1.82) is 0 Å². The van der Waals surface area contributed by atoms with Crippen molar-refractivity contribution >= 4 is 5.91 Å². The lowest BCUT2D eigenvalue weighted by Crippen LogP contribution is -2.41. The van der Waals surface area contributed by atoms with Gasteiger partial charge in [-0.25, -0.2) is 4.98 Å². The zero-order valence-corrected chi connectivity index (χ0v) is 12.5. The van der Waals surface area contributed by atoms with Gasteiger partial charge in [-0.3, -0.25) is 9.89 Å². The van der Waals surface area contributed by atoms with Gasteiger partial charge in [-0.1, -0.05) is 6.07 Å². The predicted molar refractivity (Wildman–Crippen MR) is 81.0 cm³/mol. The Kier molecular flexibility index (Phi) is 3.49. The van der Waals surface area contributed by atoms with Crippen molar-refractivity contribution in [3.8, 4) is 5.75 Å². The molecule has 1 atom stereocenters. The van der Waals surface area contributed by atoms with Crippen LogP contribution in [0.3, 0.4) is 0 Å². The van der Waals surface area contributed by atoms with Crippen molar-refractivity contribution in [1.82, 2.24) is 20.5 Å². The van der Waals surface area contributed by atoms with Crippen LogP contribution >= 0.6 is 0 Å². The highest BCUT2D eigenvalue weighted by Crippen LogP contribution is 2.39. The Bertz CT molecular complexity index is 710. The van der Waals surface area contributed by atoms with Crippen LogP contribution in [0.1, 0.15) is 40.6 Å². The molecule has 120 valence electrons. The minimum atomic E-state index is -0.286. The summed E-state index contributed by atoms with van der Waals surface area (Å²) in [6.07, 6.45) is 3.30. The smallest absolute Gasteiger partial charge is 0.289 e. The van der Waals surface area contributed by atoms with Gasteiger partial charge in [0, 0.05) is 6.42 Å². The van der Waals surface area contributed by atoms with Crippen LogP contribution in [0.2, 0.25) is 0 Å². The molecule has 1 fully saturated rings. The van der Waals surface area contributed by atoms with E-state index in [1.165, 1.54) is 11.9 Å². The molecule has 1 aliphatic carbocycles. The molecule has 0 radical (unpaired) electrons. The van der Waals surface area contributed by atoms with Gasteiger partial charge in [0.25, 0.3) is 5.91 Å². The molecule has 7 heteroatoms. The molecule has 0 saturated heterocycles. The van der Waals surface area contributed by atoms with E-state index in [2.05, 4.69) is 26.6 Å². The van der Waals surface area contributed by atoms with Gasteiger partial charge >= 0.3 is 0 Å². The van der Waals surface area contributed by atoms with Crippen molar-refractivity contribution in [3.63, 3.8) is 0 Å². The Morgan fingerprint density at radius 1 is 1.43 bits per heavy atom. The number of hydrogen-bond acceptors (Lipinski definition) is 5. The van der Waals surface area contributed by atoms with E-state index in [9.17, 15) is 9.90 Å². The Labute approximate surface area is 133 Å². The maximum absolute atomic E-state index is 12.3. The molecular weight excluding hydrogens is 296 g/mol. The fraction of sp³-hybridized carbons (Fsp3) is 0.438. The number of H-pyrrole nitrogens is 1. The van der Waals surface area contributed by atoms with Crippen LogP contribution in [-0.2, 0) is 6.42 Å². The summed E-state index contributed by atoms with van der Waals surface area (Å²) in [6, 6.07) is 5.89. The molecule has 0 spiro atoms. The summed E-state index contributed by atoms with van der Waals surface area (Å²) >= 11 is 0. The molecule has 0 unspecified atom stereocenters. The number of benzene rings is 1. The van der Waals surface area contributed by atoms with Crippen molar-refractivity contribution in [2.75, 3.05) is 6.61 Å². The van der Waals surface area contributed by atoms with E-state index in [0.717, 1.165) is 17.7 Å². The molecule has 1 aromatic carbocycles. The Morgan fingerprint density at radius 2 is 2.30 bits per heavy atom. The highest BCUT2D eigenvalue weighted by atomic mass is 16.5. The summed E-state index contributed by atoms with van der Waals surface area (Å²) < 4.78 is 5.54. The topological polar surface area (TPSA) is 100 Å². The number of aliphatic hydroxyl groups excluding tert-OH is 1. The standard InChI is InChI=1S/C16H18N4O3/c21-12-6-11(7-12)14(19-16(22)15-17-8-18-20-15)10-1-2-13-9(5-10)3-4-23-13/h1-2,5,8,11-12,14,21H,3-4,6-7H2,(H,19,22)(H,17,18,20)/t11?,12?,14-/m0/s1. The average molecular weight is 314 g/mol. The average Bonchev–Trinajstić information content (AvgIpc) is 3.19. The molecule has 3 N–H and O–H groups in total. The van der Waals surface area contributed by atoms with Gasteiger partial charge in [-0.2, -0.15) is 5.10 Å². The Morgan fingerprint density at radius 3 is 3.04 bits per heavy atom. The maximum atomic E-state index is 12.3. The SMILES string of the molecule is O=C(N[C@@H](c1ccc2c(c1)CCO2)C1CC(O)C1)c1ncn[nH]1. The van der Waals surface area contributed by atoms with Crippen molar-refractivity contribution < 1.29 is 14.6 Å². The lowest BCUT2D eigenvalue weighted by atomic mass is 9.75. The molecule has 1 saturated carbocycles.